The summed E-state index contributed by atoms with van der Waals surface area (Å²) in [6, 6.07) is 5.56. The zero-order chi connectivity index (χ0) is 15.7. The van der Waals surface area contributed by atoms with E-state index in [1.807, 2.05) is 24.4 Å². The molecule has 0 spiro atoms. The lowest BCUT2D eigenvalue weighted by Crippen LogP contribution is -2.19. The van der Waals surface area contributed by atoms with Crippen LogP contribution in [0.4, 0.5) is 11.5 Å². The molecule has 0 aliphatic heterocycles. The van der Waals surface area contributed by atoms with Crippen LogP contribution >= 0.6 is 0 Å². The Labute approximate surface area is 129 Å². The molecule has 0 bridgehead atoms. The van der Waals surface area contributed by atoms with Gasteiger partial charge in [0.1, 0.15) is 5.82 Å². The predicted octanol–water partition coefficient (Wildman–Crippen LogP) is 2.83. The molecule has 114 valence electrons. The van der Waals surface area contributed by atoms with Crippen LogP contribution in [0.3, 0.4) is 0 Å². The number of hydrogen-bond donors (Lipinski definition) is 2. The summed E-state index contributed by atoms with van der Waals surface area (Å²) in [4.78, 5) is 8.94. The first kappa shape index (κ1) is 14.3. The molecule has 3 rings (SSSR count). The first-order valence-corrected chi connectivity index (χ1v) is 7.22. The van der Waals surface area contributed by atoms with E-state index in [2.05, 4.69) is 41.2 Å². The largest absolute Gasteiger partial charge is 0.399 e. The molecule has 0 radical (unpaired) electrons. The van der Waals surface area contributed by atoms with Crippen LogP contribution in [0.1, 0.15) is 20.8 Å². The van der Waals surface area contributed by atoms with Gasteiger partial charge >= 0.3 is 0 Å². The molecule has 0 unspecified atom stereocenters. The van der Waals surface area contributed by atoms with Crippen molar-refractivity contribution in [2.24, 2.45) is 5.41 Å². The lowest BCUT2D eigenvalue weighted by Gasteiger charge is -2.19. The quantitative estimate of drug-likeness (QED) is 0.776. The van der Waals surface area contributed by atoms with Gasteiger partial charge in [-0.15, -0.1) is 0 Å². The van der Waals surface area contributed by atoms with Crippen LogP contribution < -0.4 is 11.1 Å². The van der Waals surface area contributed by atoms with Gasteiger partial charge in [0, 0.05) is 24.6 Å². The summed E-state index contributed by atoms with van der Waals surface area (Å²) in [5, 5.41) is 7.66. The molecule has 0 amide bonds. The van der Waals surface area contributed by atoms with Gasteiger partial charge in [0.05, 0.1) is 17.3 Å². The van der Waals surface area contributed by atoms with E-state index >= 15 is 0 Å². The van der Waals surface area contributed by atoms with Gasteiger partial charge in [-0.1, -0.05) is 20.8 Å². The number of nitrogens with zero attached hydrogens (tertiary/aromatic N) is 4. The summed E-state index contributed by atoms with van der Waals surface area (Å²) in [5.74, 6) is 1.45. The average molecular weight is 296 g/mol. The van der Waals surface area contributed by atoms with E-state index in [1.54, 1.807) is 16.9 Å². The SMILES string of the molecule is CC(C)(C)CNc1ccnc(-c2cnn3ccc(N)cc23)n1. The van der Waals surface area contributed by atoms with Crippen molar-refractivity contribution in [2.75, 3.05) is 17.6 Å². The lowest BCUT2D eigenvalue weighted by atomic mass is 9.97. The third kappa shape index (κ3) is 3.00. The molecule has 22 heavy (non-hydrogen) atoms. The van der Waals surface area contributed by atoms with Crippen LogP contribution in [0, 0.1) is 5.41 Å². The Morgan fingerprint density at radius 2 is 2.09 bits per heavy atom. The minimum Gasteiger partial charge on any atom is -0.399 e. The summed E-state index contributed by atoms with van der Waals surface area (Å²) in [5.41, 5.74) is 8.50. The van der Waals surface area contributed by atoms with Gasteiger partial charge < -0.3 is 11.1 Å². The lowest BCUT2D eigenvalue weighted by molar-refractivity contribution is 0.442. The molecule has 0 aliphatic rings. The minimum absolute atomic E-state index is 0.184. The Morgan fingerprint density at radius 1 is 1.27 bits per heavy atom. The molecule has 3 N–H and O–H groups in total. The second kappa shape index (κ2) is 5.29. The van der Waals surface area contributed by atoms with Gasteiger partial charge in [0.25, 0.3) is 0 Å². The molecule has 6 nitrogen and oxygen atoms in total. The third-order valence-electron chi connectivity index (χ3n) is 3.24. The van der Waals surface area contributed by atoms with Crippen LogP contribution in [-0.4, -0.2) is 26.1 Å². The van der Waals surface area contributed by atoms with E-state index in [0.29, 0.717) is 11.5 Å². The summed E-state index contributed by atoms with van der Waals surface area (Å²) in [6.07, 6.45) is 5.34. The van der Waals surface area contributed by atoms with Crippen LogP contribution in [0.2, 0.25) is 0 Å². The van der Waals surface area contributed by atoms with E-state index in [1.165, 1.54) is 0 Å². The van der Waals surface area contributed by atoms with Crippen molar-refractivity contribution in [3.8, 4) is 11.4 Å². The molecule has 0 saturated heterocycles. The molecule has 6 heteroatoms. The molecule has 0 aliphatic carbocycles. The fourth-order valence-corrected chi connectivity index (χ4v) is 2.11. The van der Waals surface area contributed by atoms with Crippen LogP contribution in [-0.2, 0) is 0 Å². The van der Waals surface area contributed by atoms with Crippen molar-refractivity contribution in [3.05, 3.63) is 36.8 Å². The predicted molar refractivity (Wildman–Crippen MR) is 88.6 cm³/mol. The summed E-state index contributed by atoms with van der Waals surface area (Å²) >= 11 is 0. The molecule has 3 aromatic rings. The zero-order valence-electron chi connectivity index (χ0n) is 13.0. The number of aromatic nitrogens is 4. The fourth-order valence-electron chi connectivity index (χ4n) is 2.11. The monoisotopic (exact) mass is 296 g/mol. The highest BCUT2D eigenvalue weighted by Crippen LogP contribution is 2.23. The van der Waals surface area contributed by atoms with E-state index in [-0.39, 0.29) is 5.41 Å². The van der Waals surface area contributed by atoms with Gasteiger partial charge in [-0.25, -0.2) is 14.5 Å². The van der Waals surface area contributed by atoms with Gasteiger partial charge in [-0.2, -0.15) is 5.10 Å². The number of rotatable bonds is 3. The first-order valence-electron chi connectivity index (χ1n) is 7.22. The Hall–Kier alpha value is -2.63. The Kier molecular flexibility index (Phi) is 3.44. The highest BCUT2D eigenvalue weighted by atomic mass is 15.2. The molecule has 0 atom stereocenters. The van der Waals surface area contributed by atoms with E-state index < -0.39 is 0 Å². The highest BCUT2D eigenvalue weighted by Gasteiger charge is 2.12. The van der Waals surface area contributed by atoms with Crippen LogP contribution in [0.25, 0.3) is 16.9 Å². The van der Waals surface area contributed by atoms with Crippen molar-refractivity contribution < 1.29 is 0 Å². The second-order valence-electron chi connectivity index (χ2n) is 6.53. The summed E-state index contributed by atoms with van der Waals surface area (Å²) in [7, 11) is 0. The van der Waals surface area contributed by atoms with E-state index in [4.69, 9.17) is 5.73 Å². The normalized spacial score (nSPS) is 11.8. The molecule has 3 aromatic heterocycles. The van der Waals surface area contributed by atoms with E-state index in [0.717, 1.165) is 23.4 Å². The maximum atomic E-state index is 5.86. The number of nitrogen functional groups attached to an aromatic ring is 1. The number of pyridine rings is 1. The van der Waals surface area contributed by atoms with Crippen molar-refractivity contribution in [1.82, 2.24) is 19.6 Å². The first-order chi connectivity index (χ1) is 10.4. The Morgan fingerprint density at radius 3 is 2.86 bits per heavy atom. The van der Waals surface area contributed by atoms with Crippen LogP contribution in [0.15, 0.2) is 36.8 Å². The number of fused-ring (bicyclic) bond motifs is 1. The highest BCUT2D eigenvalue weighted by molar-refractivity contribution is 5.78. The molecular formula is C16H20N6. The van der Waals surface area contributed by atoms with Gasteiger partial charge in [-0.05, 0) is 23.6 Å². The van der Waals surface area contributed by atoms with Crippen molar-refractivity contribution in [3.63, 3.8) is 0 Å². The van der Waals surface area contributed by atoms with Gasteiger partial charge in [-0.3, -0.25) is 0 Å². The minimum atomic E-state index is 0.184. The number of hydrogen-bond acceptors (Lipinski definition) is 5. The number of nitrogens with two attached hydrogens (primary N) is 1. The van der Waals surface area contributed by atoms with Crippen molar-refractivity contribution in [1.29, 1.82) is 0 Å². The zero-order valence-corrected chi connectivity index (χ0v) is 13.0. The second-order valence-corrected chi connectivity index (χ2v) is 6.53. The Bertz CT molecular complexity index is 800. The number of nitrogens with one attached hydrogen (secondary N) is 1. The maximum Gasteiger partial charge on any atom is 0.165 e. The summed E-state index contributed by atoms with van der Waals surface area (Å²) in [6.45, 7) is 7.37. The van der Waals surface area contributed by atoms with Gasteiger partial charge in [0.15, 0.2) is 5.82 Å². The molecule has 0 fully saturated rings. The van der Waals surface area contributed by atoms with Crippen LogP contribution in [0.5, 0.6) is 0 Å². The fraction of sp³-hybridized carbons (Fsp3) is 0.312. The molecular weight excluding hydrogens is 276 g/mol. The van der Waals surface area contributed by atoms with Crippen molar-refractivity contribution >= 4 is 17.0 Å². The van der Waals surface area contributed by atoms with Crippen molar-refractivity contribution in [2.45, 2.75) is 20.8 Å². The average Bonchev–Trinajstić information content (AvgIpc) is 2.88. The number of anilines is 2. The standard InChI is InChI=1S/C16H20N6/c1-16(2,3)10-19-14-4-6-18-15(21-14)12-9-20-22-7-5-11(17)8-13(12)22/h4-9H,10,17H2,1-3H3,(H,18,19,21). The third-order valence-corrected chi connectivity index (χ3v) is 3.24. The van der Waals surface area contributed by atoms with Gasteiger partial charge in [0.2, 0.25) is 0 Å². The smallest absolute Gasteiger partial charge is 0.165 e. The molecule has 0 aromatic carbocycles. The molecule has 3 heterocycles. The maximum absolute atomic E-state index is 5.86. The van der Waals surface area contributed by atoms with E-state index in [9.17, 15) is 0 Å². The Balaban J connectivity index is 1.95. The summed E-state index contributed by atoms with van der Waals surface area (Å²) < 4.78 is 1.77. The molecule has 0 saturated carbocycles. The topological polar surface area (TPSA) is 81.1 Å².